The van der Waals surface area contributed by atoms with Gasteiger partial charge in [0.15, 0.2) is 11.5 Å². The maximum atomic E-state index is 11.4. The zero-order valence-electron chi connectivity index (χ0n) is 12.1. The van der Waals surface area contributed by atoms with Crippen molar-refractivity contribution in [3.8, 4) is 0 Å². The Morgan fingerprint density at radius 1 is 1.41 bits per heavy atom. The standard InChI is InChI=1S/C12H17N7O2S/c1-6(15-2)3-9(22)19-12-10(11(14)21)17-5-8(18-12)16-4-7(13)20/h3,5,15H,4H2,1-2H3,(H2,13,20)(H2,14,21)(H2,16,18,19,22). The summed E-state index contributed by atoms with van der Waals surface area (Å²) in [6.07, 6.45) is 2.91. The smallest absolute Gasteiger partial charge is 0.271 e. The van der Waals surface area contributed by atoms with Crippen molar-refractivity contribution >= 4 is 40.7 Å². The molecule has 1 heterocycles. The SMILES string of the molecule is CNC(C)=CC(=S)Nc1nc(NCC(N)=O)cnc1C(N)=O. The maximum Gasteiger partial charge on any atom is 0.271 e. The van der Waals surface area contributed by atoms with E-state index in [1.807, 2.05) is 6.92 Å². The largest absolute Gasteiger partial charge is 0.392 e. The summed E-state index contributed by atoms with van der Waals surface area (Å²) in [4.78, 5) is 30.4. The molecule has 0 aliphatic carbocycles. The Hall–Kier alpha value is -2.75. The maximum absolute atomic E-state index is 11.4. The molecule has 0 unspecified atom stereocenters. The van der Waals surface area contributed by atoms with Crippen LogP contribution in [0.3, 0.4) is 0 Å². The minimum absolute atomic E-state index is 0.0671. The first-order valence-corrected chi connectivity index (χ1v) is 6.60. The first-order chi connectivity index (χ1) is 10.3. The van der Waals surface area contributed by atoms with Crippen LogP contribution in [0.4, 0.5) is 11.6 Å². The van der Waals surface area contributed by atoms with Gasteiger partial charge in [-0.05, 0) is 13.0 Å². The van der Waals surface area contributed by atoms with Gasteiger partial charge in [-0.1, -0.05) is 12.2 Å². The van der Waals surface area contributed by atoms with Gasteiger partial charge in [-0.15, -0.1) is 0 Å². The molecule has 118 valence electrons. The molecule has 2 amide bonds. The van der Waals surface area contributed by atoms with Gasteiger partial charge in [0.1, 0.15) is 10.8 Å². The van der Waals surface area contributed by atoms with Crippen molar-refractivity contribution in [2.45, 2.75) is 6.92 Å². The van der Waals surface area contributed by atoms with Crippen LogP contribution in [0.15, 0.2) is 18.0 Å². The van der Waals surface area contributed by atoms with E-state index in [1.54, 1.807) is 13.1 Å². The van der Waals surface area contributed by atoms with Crippen molar-refractivity contribution in [2.24, 2.45) is 11.5 Å². The molecule has 22 heavy (non-hydrogen) atoms. The van der Waals surface area contributed by atoms with E-state index < -0.39 is 11.8 Å². The highest BCUT2D eigenvalue weighted by Crippen LogP contribution is 2.13. The Labute approximate surface area is 132 Å². The first-order valence-electron chi connectivity index (χ1n) is 6.19. The fraction of sp³-hybridized carbons (Fsp3) is 0.250. The molecular weight excluding hydrogens is 306 g/mol. The van der Waals surface area contributed by atoms with E-state index in [9.17, 15) is 9.59 Å². The Kier molecular flexibility index (Phi) is 6.20. The van der Waals surface area contributed by atoms with E-state index in [0.29, 0.717) is 4.99 Å². The van der Waals surface area contributed by atoms with E-state index in [2.05, 4.69) is 25.9 Å². The van der Waals surface area contributed by atoms with Crippen LogP contribution in [0, 0.1) is 0 Å². The summed E-state index contributed by atoms with van der Waals surface area (Å²) in [7, 11) is 1.75. The lowest BCUT2D eigenvalue weighted by Gasteiger charge is -2.10. The molecule has 0 saturated heterocycles. The van der Waals surface area contributed by atoms with Crippen LogP contribution in [-0.4, -0.2) is 40.4 Å². The van der Waals surface area contributed by atoms with Gasteiger partial charge in [0.2, 0.25) is 5.91 Å². The lowest BCUT2D eigenvalue weighted by molar-refractivity contribution is -0.116. The molecule has 0 atom stereocenters. The van der Waals surface area contributed by atoms with Crippen LogP contribution in [-0.2, 0) is 4.79 Å². The highest BCUT2D eigenvalue weighted by atomic mass is 32.1. The highest BCUT2D eigenvalue weighted by molar-refractivity contribution is 7.81. The summed E-state index contributed by atoms with van der Waals surface area (Å²) in [6, 6.07) is 0. The van der Waals surface area contributed by atoms with E-state index >= 15 is 0 Å². The number of hydrogen-bond acceptors (Lipinski definition) is 7. The number of thiocarbonyl (C=S) groups is 1. The molecular formula is C12H17N7O2S. The molecule has 7 N–H and O–H groups in total. The van der Waals surface area contributed by atoms with Crippen LogP contribution in [0.5, 0.6) is 0 Å². The number of nitrogens with one attached hydrogen (secondary N) is 3. The topological polar surface area (TPSA) is 148 Å². The zero-order chi connectivity index (χ0) is 16.7. The quantitative estimate of drug-likeness (QED) is 0.328. The summed E-state index contributed by atoms with van der Waals surface area (Å²) in [5.74, 6) is -0.970. The predicted octanol–water partition coefficient (Wildman–Crippen LogP) is -0.665. The Morgan fingerprint density at radius 3 is 2.64 bits per heavy atom. The van der Waals surface area contributed by atoms with Crippen molar-refractivity contribution in [2.75, 3.05) is 24.2 Å². The lowest BCUT2D eigenvalue weighted by atomic mass is 10.3. The molecule has 10 heteroatoms. The average Bonchev–Trinajstić information content (AvgIpc) is 2.44. The van der Waals surface area contributed by atoms with Crippen molar-refractivity contribution < 1.29 is 9.59 Å². The Bertz CT molecular complexity index is 630. The van der Waals surface area contributed by atoms with Crippen LogP contribution < -0.4 is 27.4 Å². The number of aromatic nitrogens is 2. The summed E-state index contributed by atoms with van der Waals surface area (Å²) in [5.41, 5.74) is 11.0. The molecule has 0 aromatic carbocycles. The predicted molar refractivity (Wildman–Crippen MR) is 87.3 cm³/mol. The minimum atomic E-state index is -0.756. The number of nitrogens with two attached hydrogens (primary N) is 2. The fourth-order valence-electron chi connectivity index (χ4n) is 1.34. The number of rotatable bonds is 7. The first kappa shape index (κ1) is 17.3. The van der Waals surface area contributed by atoms with Gasteiger partial charge in [-0.3, -0.25) is 9.59 Å². The molecule has 0 fully saturated rings. The van der Waals surface area contributed by atoms with Gasteiger partial charge in [-0.25, -0.2) is 9.97 Å². The molecule has 9 nitrogen and oxygen atoms in total. The molecule has 0 bridgehead atoms. The number of hydrogen-bond donors (Lipinski definition) is 5. The molecule has 1 aromatic heterocycles. The summed E-state index contributed by atoms with van der Waals surface area (Å²) in [6.45, 7) is 1.70. The summed E-state index contributed by atoms with van der Waals surface area (Å²) < 4.78 is 0. The minimum Gasteiger partial charge on any atom is -0.392 e. The van der Waals surface area contributed by atoms with E-state index in [-0.39, 0.29) is 23.9 Å². The number of nitrogens with zero attached hydrogens (tertiary/aromatic N) is 2. The fourth-order valence-corrected chi connectivity index (χ4v) is 1.61. The summed E-state index contributed by atoms with van der Waals surface area (Å²) in [5, 5.41) is 8.34. The van der Waals surface area contributed by atoms with Crippen molar-refractivity contribution in [3.63, 3.8) is 0 Å². The van der Waals surface area contributed by atoms with E-state index in [4.69, 9.17) is 23.7 Å². The van der Waals surface area contributed by atoms with Crippen LogP contribution >= 0.6 is 12.2 Å². The third kappa shape index (κ3) is 5.32. The van der Waals surface area contributed by atoms with Gasteiger partial charge in [0.25, 0.3) is 5.91 Å². The molecule has 0 saturated carbocycles. The Morgan fingerprint density at radius 2 is 2.09 bits per heavy atom. The molecule has 0 aliphatic heterocycles. The molecule has 0 aliphatic rings. The Balaban J connectivity index is 3.02. The van der Waals surface area contributed by atoms with Crippen molar-refractivity contribution in [3.05, 3.63) is 23.7 Å². The number of anilines is 2. The monoisotopic (exact) mass is 323 g/mol. The van der Waals surface area contributed by atoms with Crippen molar-refractivity contribution in [1.82, 2.24) is 15.3 Å². The van der Waals surface area contributed by atoms with Gasteiger partial charge in [0.05, 0.1) is 12.7 Å². The number of carbonyl (C=O) groups is 2. The molecule has 1 aromatic rings. The average molecular weight is 323 g/mol. The number of carbonyl (C=O) groups excluding carboxylic acids is 2. The third-order valence-corrected chi connectivity index (χ3v) is 2.65. The lowest BCUT2D eigenvalue weighted by Crippen LogP contribution is -2.24. The van der Waals surface area contributed by atoms with Gasteiger partial charge in [0, 0.05) is 12.7 Å². The van der Waals surface area contributed by atoms with Gasteiger partial charge < -0.3 is 27.4 Å². The van der Waals surface area contributed by atoms with Crippen LogP contribution in [0.1, 0.15) is 17.4 Å². The number of primary amides is 2. The summed E-state index contributed by atoms with van der Waals surface area (Å²) >= 11 is 5.13. The number of allylic oxidation sites excluding steroid dienone is 1. The van der Waals surface area contributed by atoms with E-state index in [0.717, 1.165) is 5.70 Å². The number of amides is 2. The molecule has 0 radical (unpaired) electrons. The van der Waals surface area contributed by atoms with Crippen LogP contribution in [0.2, 0.25) is 0 Å². The van der Waals surface area contributed by atoms with Crippen molar-refractivity contribution in [1.29, 1.82) is 0 Å². The van der Waals surface area contributed by atoms with Gasteiger partial charge >= 0.3 is 0 Å². The third-order valence-electron chi connectivity index (χ3n) is 2.43. The molecule has 0 spiro atoms. The highest BCUT2D eigenvalue weighted by Gasteiger charge is 2.13. The van der Waals surface area contributed by atoms with E-state index in [1.165, 1.54) is 6.20 Å². The second-order valence-corrected chi connectivity index (χ2v) is 4.64. The second kappa shape index (κ2) is 7.88. The normalized spacial score (nSPS) is 10.7. The molecule has 1 rings (SSSR count). The zero-order valence-corrected chi connectivity index (χ0v) is 13.0. The van der Waals surface area contributed by atoms with Crippen LogP contribution in [0.25, 0.3) is 0 Å². The van der Waals surface area contributed by atoms with Gasteiger partial charge in [-0.2, -0.15) is 0 Å². The second-order valence-electron chi connectivity index (χ2n) is 4.20.